The summed E-state index contributed by atoms with van der Waals surface area (Å²) in [4.78, 5) is 0. The van der Waals surface area contributed by atoms with E-state index in [0.29, 0.717) is 18.0 Å². The van der Waals surface area contributed by atoms with Crippen LogP contribution in [-0.4, -0.2) is 28.6 Å². The van der Waals surface area contributed by atoms with Crippen molar-refractivity contribution in [3.63, 3.8) is 0 Å². The number of rotatable bonds is 7. The molecule has 4 aromatic carbocycles. The molecule has 6 heteroatoms. The van der Waals surface area contributed by atoms with Crippen LogP contribution in [0.5, 0.6) is 0 Å². The van der Waals surface area contributed by atoms with Gasteiger partial charge in [-0.1, -0.05) is 135 Å². The lowest BCUT2D eigenvalue weighted by atomic mass is 9.46. The fraction of sp³-hybridized carbons (Fsp3) is 0.294. The van der Waals surface area contributed by atoms with Crippen LogP contribution in [0, 0.1) is 23.2 Å². The van der Waals surface area contributed by atoms with Crippen LogP contribution in [0.1, 0.15) is 26.7 Å². The first-order chi connectivity index (χ1) is 18.3. The van der Waals surface area contributed by atoms with E-state index in [1.807, 2.05) is 121 Å². The van der Waals surface area contributed by atoms with E-state index in [9.17, 15) is 0 Å². The predicted octanol–water partition coefficient (Wildman–Crippen LogP) is 6.30. The van der Waals surface area contributed by atoms with Crippen molar-refractivity contribution in [3.8, 4) is 0 Å². The van der Waals surface area contributed by atoms with E-state index in [2.05, 4.69) is 13.8 Å². The van der Waals surface area contributed by atoms with Gasteiger partial charge in [-0.05, 0) is 36.0 Å². The maximum absolute atomic E-state index is 15.6. The molecule has 0 N–H and O–H groups in total. The zero-order valence-electron chi connectivity index (χ0n) is 23.3. The highest BCUT2D eigenvalue weighted by atomic mass is 31.2. The summed E-state index contributed by atoms with van der Waals surface area (Å²) in [5.74, 6) is 1.03. The zero-order valence-corrected chi connectivity index (χ0v) is 25.1. The van der Waals surface area contributed by atoms with Crippen molar-refractivity contribution in [1.82, 2.24) is 0 Å². The third-order valence-electron chi connectivity index (χ3n) is 9.64. The molecule has 40 heavy (non-hydrogen) atoms. The fourth-order valence-corrected chi connectivity index (χ4v) is 14.4. The van der Waals surface area contributed by atoms with E-state index in [0.717, 1.165) is 34.1 Å². The smallest absolute Gasteiger partial charge is 0.146 e. The first-order valence-electron chi connectivity index (χ1n) is 13.8. The van der Waals surface area contributed by atoms with Crippen molar-refractivity contribution in [2.24, 2.45) is 23.2 Å². The molecule has 3 fully saturated rings. The lowest BCUT2D eigenvalue weighted by Gasteiger charge is -2.64. The maximum Gasteiger partial charge on any atom is 0.146 e. The highest BCUT2D eigenvalue weighted by Gasteiger charge is 2.62. The summed E-state index contributed by atoms with van der Waals surface area (Å²) in [5, 5.41) is 3.65. The van der Waals surface area contributed by atoms with Gasteiger partial charge < -0.3 is 9.13 Å². The van der Waals surface area contributed by atoms with Gasteiger partial charge in [0.05, 0.1) is 0 Å². The quantitative estimate of drug-likeness (QED) is 0.196. The Hall–Kier alpha value is -2.53. The average molecular weight is 560 g/mol. The second kappa shape index (κ2) is 11.8. The predicted molar refractivity (Wildman–Crippen MR) is 173 cm³/mol. The summed E-state index contributed by atoms with van der Waals surface area (Å²) >= 11 is 0. The molecule has 3 aliphatic carbocycles. The van der Waals surface area contributed by atoms with Crippen molar-refractivity contribution in [1.29, 1.82) is 0 Å². The first kappa shape index (κ1) is 30.4. The van der Waals surface area contributed by atoms with Crippen LogP contribution in [-0.2, 0) is 9.13 Å². The molecule has 0 saturated heterocycles. The maximum atomic E-state index is 15.6. The second-order valence-electron chi connectivity index (χ2n) is 11.7. The Kier molecular flexibility index (Phi) is 8.94. The van der Waals surface area contributed by atoms with Gasteiger partial charge in [0, 0.05) is 49.9 Å². The minimum atomic E-state index is -3.01. The molecular formula is C34H36B2O2P2. The van der Waals surface area contributed by atoms with Crippen molar-refractivity contribution in [3.05, 3.63) is 121 Å². The van der Waals surface area contributed by atoms with Crippen molar-refractivity contribution in [2.75, 3.05) is 6.16 Å². The number of benzene rings is 4. The Bertz CT molecular complexity index is 1410. The summed E-state index contributed by atoms with van der Waals surface area (Å²) in [6.45, 7) is 4.75. The lowest BCUT2D eigenvalue weighted by molar-refractivity contribution is -0.0953. The largest absolute Gasteiger partial charge is 0.314 e. The van der Waals surface area contributed by atoms with E-state index in [4.69, 9.17) is 0 Å². The van der Waals surface area contributed by atoms with Crippen LogP contribution >= 0.6 is 14.3 Å². The summed E-state index contributed by atoms with van der Waals surface area (Å²) in [6.07, 6.45) is 2.61. The summed E-state index contributed by atoms with van der Waals surface area (Å²) in [5.41, 5.74) is 0.127. The molecule has 4 aromatic rings. The van der Waals surface area contributed by atoms with Gasteiger partial charge in [0.1, 0.15) is 14.3 Å². The van der Waals surface area contributed by atoms with Gasteiger partial charge in [-0.25, -0.2) is 0 Å². The molecule has 0 heterocycles. The van der Waals surface area contributed by atoms with Gasteiger partial charge >= 0.3 is 0 Å². The van der Waals surface area contributed by atoms with Crippen molar-refractivity contribution >= 4 is 52.3 Å². The van der Waals surface area contributed by atoms with E-state index in [1.165, 1.54) is 0 Å². The second-order valence-corrected chi connectivity index (χ2v) is 17.6. The summed E-state index contributed by atoms with van der Waals surface area (Å²) in [7, 11) is -5.98. The zero-order chi connectivity index (χ0) is 26.4. The van der Waals surface area contributed by atoms with Gasteiger partial charge in [-0.2, -0.15) is 0 Å². The Balaban J connectivity index is 0.00000185. The van der Waals surface area contributed by atoms with Crippen LogP contribution in [0.2, 0.25) is 0 Å². The molecule has 0 aliphatic heterocycles. The lowest BCUT2D eigenvalue weighted by Crippen LogP contribution is -2.59. The molecule has 2 bridgehead atoms. The minimum Gasteiger partial charge on any atom is -0.314 e. The van der Waals surface area contributed by atoms with Gasteiger partial charge in [0.25, 0.3) is 0 Å². The standard InChI is InChI=1S/C34H36O2P2.2B/c1-34(2)26-23-32(34)31(25-37(35,27-15-7-3-8-16-27)28-17-9-4-10-18-28)33(24-26)38(36,29-19-11-5-12-20-29)30-21-13-6-14-22-30;;/h3-22,26,31-33H,23-25H2,1-2H3;;/t26?,31-,32?,33+;;/m0../s1. The molecular weight excluding hydrogens is 524 g/mol. The molecule has 0 spiro atoms. The average Bonchev–Trinajstić information content (AvgIpc) is 2.98. The summed E-state index contributed by atoms with van der Waals surface area (Å²) < 4.78 is 30.9. The molecule has 200 valence electrons. The van der Waals surface area contributed by atoms with Crippen LogP contribution in [0.25, 0.3) is 0 Å². The van der Waals surface area contributed by atoms with E-state index in [-0.39, 0.29) is 33.8 Å². The van der Waals surface area contributed by atoms with Gasteiger partial charge in [-0.15, -0.1) is 0 Å². The van der Waals surface area contributed by atoms with Crippen LogP contribution in [0.4, 0.5) is 0 Å². The fourth-order valence-electron chi connectivity index (χ4n) is 7.41. The third-order valence-corrected chi connectivity index (χ3v) is 16.5. The van der Waals surface area contributed by atoms with Crippen LogP contribution in [0.3, 0.4) is 0 Å². The van der Waals surface area contributed by atoms with Gasteiger partial charge in [0.2, 0.25) is 0 Å². The molecule has 2 nitrogen and oxygen atoms in total. The van der Waals surface area contributed by atoms with E-state index < -0.39 is 14.3 Å². The highest BCUT2D eigenvalue weighted by Crippen LogP contribution is 2.70. The molecule has 6 radical (unpaired) electrons. The highest BCUT2D eigenvalue weighted by molar-refractivity contribution is 7.80. The molecule has 2 unspecified atom stereocenters. The Labute approximate surface area is 243 Å². The topological polar surface area (TPSA) is 34.1 Å². The number of hydrogen-bond donors (Lipinski definition) is 0. The summed E-state index contributed by atoms with van der Waals surface area (Å²) in [6, 6.07) is 40.2. The van der Waals surface area contributed by atoms with Crippen LogP contribution < -0.4 is 21.2 Å². The molecule has 4 atom stereocenters. The Morgan fingerprint density at radius 1 is 0.600 bits per heavy atom. The third kappa shape index (κ3) is 4.93. The Morgan fingerprint density at radius 2 is 0.975 bits per heavy atom. The molecule has 7 rings (SSSR count). The molecule has 0 aromatic heterocycles. The van der Waals surface area contributed by atoms with Crippen LogP contribution in [0.15, 0.2) is 121 Å². The normalized spacial score (nSPS) is 23.1. The van der Waals surface area contributed by atoms with E-state index in [1.54, 1.807) is 0 Å². The van der Waals surface area contributed by atoms with Crippen molar-refractivity contribution in [2.45, 2.75) is 32.3 Å². The SMILES string of the molecule is CC1(C)C2CC1[C@H](CP(=O)(c1ccccc1)c1ccccc1)[C@H](P(=O)(c1ccccc1)c1ccccc1)C2.[B].[B]. The number of fused-ring (bicyclic) bond motifs is 2. The van der Waals surface area contributed by atoms with Gasteiger partial charge in [0.15, 0.2) is 0 Å². The minimum absolute atomic E-state index is 0. The molecule has 0 amide bonds. The number of hydrogen-bond acceptors (Lipinski definition) is 2. The van der Waals surface area contributed by atoms with Gasteiger partial charge in [-0.3, -0.25) is 0 Å². The monoisotopic (exact) mass is 560 g/mol. The Morgan fingerprint density at radius 3 is 1.35 bits per heavy atom. The molecule has 3 aliphatic rings. The first-order valence-corrected chi connectivity index (χ1v) is 17.4. The van der Waals surface area contributed by atoms with Crippen molar-refractivity contribution < 1.29 is 9.13 Å². The van der Waals surface area contributed by atoms with E-state index >= 15 is 9.13 Å². The molecule has 3 saturated carbocycles.